The average molecular weight is 265 g/mol. The van der Waals surface area contributed by atoms with Gasteiger partial charge in [-0.2, -0.15) is 0 Å². The third kappa shape index (κ3) is 5.30. The van der Waals surface area contributed by atoms with Gasteiger partial charge in [-0.3, -0.25) is 0 Å². The predicted molar refractivity (Wildman–Crippen MR) is 76.4 cm³/mol. The van der Waals surface area contributed by atoms with Gasteiger partial charge in [-0.15, -0.1) is 0 Å². The lowest BCUT2D eigenvalue weighted by Crippen LogP contribution is -2.26. The largest absolute Gasteiger partial charge is 0.462 e. The Bertz CT molecular complexity index is 398. The summed E-state index contributed by atoms with van der Waals surface area (Å²) in [6, 6.07) is 7.17. The van der Waals surface area contributed by atoms with Gasteiger partial charge in [-0.05, 0) is 30.7 Å². The van der Waals surface area contributed by atoms with Gasteiger partial charge in [0.1, 0.15) is 0 Å². The van der Waals surface area contributed by atoms with E-state index in [2.05, 4.69) is 5.32 Å². The molecule has 0 aliphatic heterocycles. The van der Waals surface area contributed by atoms with Crippen molar-refractivity contribution in [3.05, 3.63) is 29.8 Å². The SMILES string of the molecule is CCCOC(=O)c1ccc(NCC(C)(C)CO)cc1. The second-order valence-corrected chi connectivity index (χ2v) is 5.39. The van der Waals surface area contributed by atoms with E-state index in [1.165, 1.54) is 0 Å². The number of anilines is 1. The molecule has 1 aromatic rings. The molecule has 0 aliphatic rings. The molecule has 0 spiro atoms. The van der Waals surface area contributed by atoms with Crippen LogP contribution in [0, 0.1) is 5.41 Å². The number of nitrogens with one attached hydrogen (secondary N) is 1. The van der Waals surface area contributed by atoms with Crippen molar-refractivity contribution in [2.75, 3.05) is 25.1 Å². The summed E-state index contributed by atoms with van der Waals surface area (Å²) in [7, 11) is 0. The van der Waals surface area contributed by atoms with Gasteiger partial charge in [-0.25, -0.2) is 4.79 Å². The fraction of sp³-hybridized carbons (Fsp3) is 0.533. The summed E-state index contributed by atoms with van der Waals surface area (Å²) < 4.78 is 5.06. The molecule has 0 aromatic heterocycles. The molecule has 106 valence electrons. The Hall–Kier alpha value is -1.55. The molecule has 0 saturated carbocycles. The molecule has 4 nitrogen and oxygen atoms in total. The van der Waals surface area contributed by atoms with Gasteiger partial charge < -0.3 is 15.2 Å². The van der Waals surface area contributed by atoms with Crippen molar-refractivity contribution in [3.63, 3.8) is 0 Å². The summed E-state index contributed by atoms with van der Waals surface area (Å²) in [5.41, 5.74) is 1.31. The number of hydrogen-bond donors (Lipinski definition) is 2. The van der Waals surface area contributed by atoms with Crippen molar-refractivity contribution in [1.29, 1.82) is 0 Å². The van der Waals surface area contributed by atoms with Gasteiger partial charge >= 0.3 is 5.97 Å². The highest BCUT2D eigenvalue weighted by Crippen LogP contribution is 2.16. The smallest absolute Gasteiger partial charge is 0.338 e. The van der Waals surface area contributed by atoms with Crippen LogP contribution in [0.5, 0.6) is 0 Å². The quantitative estimate of drug-likeness (QED) is 0.744. The summed E-state index contributed by atoms with van der Waals surface area (Å²) in [5, 5.41) is 12.4. The van der Waals surface area contributed by atoms with Crippen LogP contribution < -0.4 is 5.32 Å². The van der Waals surface area contributed by atoms with Crippen LogP contribution in [-0.2, 0) is 4.74 Å². The van der Waals surface area contributed by atoms with E-state index in [0.717, 1.165) is 12.1 Å². The first kappa shape index (κ1) is 15.5. The van der Waals surface area contributed by atoms with Crippen LogP contribution in [0.1, 0.15) is 37.6 Å². The second-order valence-electron chi connectivity index (χ2n) is 5.39. The molecule has 19 heavy (non-hydrogen) atoms. The van der Waals surface area contributed by atoms with Gasteiger partial charge in [0.25, 0.3) is 0 Å². The van der Waals surface area contributed by atoms with Crippen LogP contribution in [-0.4, -0.2) is 30.8 Å². The number of aliphatic hydroxyl groups excluding tert-OH is 1. The highest BCUT2D eigenvalue weighted by atomic mass is 16.5. The minimum Gasteiger partial charge on any atom is -0.462 e. The Morgan fingerprint density at radius 2 is 1.95 bits per heavy atom. The molecular weight excluding hydrogens is 242 g/mol. The average Bonchev–Trinajstić information content (AvgIpc) is 2.43. The van der Waals surface area contributed by atoms with Gasteiger partial charge in [0.2, 0.25) is 0 Å². The molecule has 0 aliphatic carbocycles. The number of aliphatic hydroxyl groups is 1. The lowest BCUT2D eigenvalue weighted by atomic mass is 9.95. The van der Waals surface area contributed by atoms with Crippen LogP contribution in [0.15, 0.2) is 24.3 Å². The van der Waals surface area contributed by atoms with Gasteiger partial charge in [0.15, 0.2) is 0 Å². The maximum Gasteiger partial charge on any atom is 0.338 e. The molecule has 0 radical (unpaired) electrons. The highest BCUT2D eigenvalue weighted by molar-refractivity contribution is 5.89. The molecule has 2 N–H and O–H groups in total. The number of carbonyl (C=O) groups excluding carboxylic acids is 1. The lowest BCUT2D eigenvalue weighted by molar-refractivity contribution is 0.0505. The van der Waals surface area contributed by atoms with Crippen LogP contribution >= 0.6 is 0 Å². The van der Waals surface area contributed by atoms with Crippen molar-refractivity contribution >= 4 is 11.7 Å². The molecule has 0 unspecified atom stereocenters. The van der Waals surface area contributed by atoms with E-state index in [9.17, 15) is 9.90 Å². The summed E-state index contributed by atoms with van der Waals surface area (Å²) in [4.78, 5) is 11.6. The Balaban J connectivity index is 2.54. The third-order valence-corrected chi connectivity index (χ3v) is 2.76. The normalized spacial score (nSPS) is 11.2. The minimum absolute atomic E-state index is 0.126. The maximum atomic E-state index is 11.6. The highest BCUT2D eigenvalue weighted by Gasteiger charge is 2.15. The first-order chi connectivity index (χ1) is 8.98. The Kier molecular flexibility index (Phi) is 5.83. The zero-order chi connectivity index (χ0) is 14.3. The number of benzene rings is 1. The molecule has 1 rings (SSSR count). The molecule has 0 bridgehead atoms. The molecule has 0 saturated heterocycles. The third-order valence-electron chi connectivity index (χ3n) is 2.76. The van der Waals surface area contributed by atoms with Crippen LogP contribution in [0.2, 0.25) is 0 Å². The van der Waals surface area contributed by atoms with Crippen molar-refractivity contribution in [1.82, 2.24) is 0 Å². The number of ether oxygens (including phenoxy) is 1. The van der Waals surface area contributed by atoms with Crippen molar-refractivity contribution in [3.8, 4) is 0 Å². The minimum atomic E-state index is -0.288. The zero-order valence-corrected chi connectivity index (χ0v) is 11.9. The summed E-state index contributed by atoms with van der Waals surface area (Å²) in [5.74, 6) is -0.288. The van der Waals surface area contributed by atoms with E-state index in [-0.39, 0.29) is 18.0 Å². The molecule has 1 aromatic carbocycles. The van der Waals surface area contributed by atoms with Crippen molar-refractivity contribution in [2.45, 2.75) is 27.2 Å². The fourth-order valence-electron chi connectivity index (χ4n) is 1.40. The standard InChI is InChI=1S/C15H23NO3/c1-4-9-19-14(18)12-5-7-13(8-6-12)16-10-15(2,3)11-17/h5-8,16-17H,4,9-11H2,1-3H3. The number of carbonyl (C=O) groups is 1. The zero-order valence-electron chi connectivity index (χ0n) is 11.9. The van der Waals surface area contributed by atoms with Crippen LogP contribution in [0.3, 0.4) is 0 Å². The van der Waals surface area contributed by atoms with Crippen molar-refractivity contribution < 1.29 is 14.6 Å². The lowest BCUT2D eigenvalue weighted by Gasteiger charge is -2.22. The predicted octanol–water partition coefficient (Wildman–Crippen LogP) is 2.68. The van der Waals surface area contributed by atoms with E-state index in [1.807, 2.05) is 32.9 Å². The van der Waals surface area contributed by atoms with Gasteiger partial charge in [-0.1, -0.05) is 20.8 Å². The maximum absolute atomic E-state index is 11.6. The number of hydrogen-bond acceptors (Lipinski definition) is 4. The van der Waals surface area contributed by atoms with E-state index >= 15 is 0 Å². The second kappa shape index (κ2) is 7.14. The van der Waals surface area contributed by atoms with Crippen molar-refractivity contribution in [2.24, 2.45) is 5.41 Å². The van der Waals surface area contributed by atoms with Crippen LogP contribution in [0.25, 0.3) is 0 Å². The van der Waals surface area contributed by atoms with E-state index in [0.29, 0.717) is 18.7 Å². The molecule has 0 fully saturated rings. The Labute approximate surface area is 114 Å². The first-order valence-corrected chi connectivity index (χ1v) is 6.60. The summed E-state index contributed by atoms with van der Waals surface area (Å²) in [6.07, 6.45) is 0.821. The number of esters is 1. The van der Waals surface area contributed by atoms with E-state index in [1.54, 1.807) is 12.1 Å². The van der Waals surface area contributed by atoms with E-state index in [4.69, 9.17) is 4.74 Å². The summed E-state index contributed by atoms with van der Waals surface area (Å²) >= 11 is 0. The molecule has 0 atom stereocenters. The monoisotopic (exact) mass is 265 g/mol. The fourth-order valence-corrected chi connectivity index (χ4v) is 1.40. The number of rotatable bonds is 7. The topological polar surface area (TPSA) is 58.6 Å². The Morgan fingerprint density at radius 1 is 1.32 bits per heavy atom. The molecule has 0 heterocycles. The summed E-state index contributed by atoms with van der Waals surface area (Å²) in [6.45, 7) is 7.17. The van der Waals surface area contributed by atoms with Gasteiger partial charge in [0, 0.05) is 24.3 Å². The van der Waals surface area contributed by atoms with Crippen LogP contribution in [0.4, 0.5) is 5.69 Å². The molecular formula is C15H23NO3. The van der Waals surface area contributed by atoms with E-state index < -0.39 is 0 Å². The molecule has 4 heteroatoms. The first-order valence-electron chi connectivity index (χ1n) is 6.60. The van der Waals surface area contributed by atoms with Gasteiger partial charge in [0.05, 0.1) is 12.2 Å². The Morgan fingerprint density at radius 3 is 2.47 bits per heavy atom. The molecule has 0 amide bonds.